The summed E-state index contributed by atoms with van der Waals surface area (Å²) in [5.74, 6) is -1.82. The Bertz CT molecular complexity index is 289. The molecule has 1 rings (SSSR count). The van der Waals surface area contributed by atoms with Gasteiger partial charge in [-0.3, -0.25) is 0 Å². The van der Waals surface area contributed by atoms with Gasteiger partial charge < -0.3 is 10.5 Å². The predicted octanol–water partition coefficient (Wildman–Crippen LogP) is 1.99. The Morgan fingerprint density at radius 3 is 2.08 bits per heavy atom. The van der Waals surface area contributed by atoms with Gasteiger partial charge in [0.05, 0.1) is 7.11 Å². The van der Waals surface area contributed by atoms with Crippen LogP contribution in [0.4, 0.5) is 8.78 Å². The first kappa shape index (κ1) is 9.92. The molecule has 0 aliphatic heterocycles. The van der Waals surface area contributed by atoms with Crippen molar-refractivity contribution in [1.82, 2.24) is 0 Å². The number of methoxy groups -OCH3 is 1. The fourth-order valence-corrected chi connectivity index (χ4v) is 1.04. The number of benzene rings is 1. The van der Waals surface area contributed by atoms with Crippen molar-refractivity contribution in [3.05, 3.63) is 29.3 Å². The monoisotopic (exact) mass is 187 g/mol. The molecule has 0 aliphatic rings. The van der Waals surface area contributed by atoms with Crippen LogP contribution in [0.1, 0.15) is 18.5 Å². The Morgan fingerprint density at radius 2 is 1.77 bits per heavy atom. The molecule has 0 radical (unpaired) electrons. The van der Waals surface area contributed by atoms with Gasteiger partial charge in [0.1, 0.15) is 0 Å². The molecular formula is C9H11F2NO. The number of hydrogen-bond acceptors (Lipinski definition) is 2. The van der Waals surface area contributed by atoms with E-state index in [1.54, 1.807) is 6.92 Å². The summed E-state index contributed by atoms with van der Waals surface area (Å²) in [5, 5.41) is 0. The van der Waals surface area contributed by atoms with Crippen LogP contribution in [-0.2, 0) is 0 Å². The summed E-state index contributed by atoms with van der Waals surface area (Å²) >= 11 is 0. The normalized spacial score (nSPS) is 12.7. The third-order valence-corrected chi connectivity index (χ3v) is 1.75. The van der Waals surface area contributed by atoms with E-state index in [9.17, 15) is 8.78 Å². The van der Waals surface area contributed by atoms with E-state index in [1.807, 2.05) is 0 Å². The van der Waals surface area contributed by atoms with Crippen LogP contribution in [0, 0.1) is 11.6 Å². The van der Waals surface area contributed by atoms with Crippen LogP contribution in [0.15, 0.2) is 12.1 Å². The Morgan fingerprint density at radius 1 is 1.31 bits per heavy atom. The number of ether oxygens (including phenoxy) is 1. The second-order valence-corrected chi connectivity index (χ2v) is 2.81. The topological polar surface area (TPSA) is 35.2 Å². The molecule has 0 unspecified atom stereocenters. The Balaban J connectivity index is 3.20. The molecule has 4 heteroatoms. The molecular weight excluding hydrogens is 176 g/mol. The zero-order valence-corrected chi connectivity index (χ0v) is 7.47. The first-order valence-corrected chi connectivity index (χ1v) is 3.84. The predicted molar refractivity (Wildman–Crippen MR) is 45.5 cm³/mol. The number of nitrogens with two attached hydrogens (primary N) is 1. The lowest BCUT2D eigenvalue weighted by molar-refractivity contribution is 0.359. The van der Waals surface area contributed by atoms with Crippen LogP contribution in [0.5, 0.6) is 5.75 Å². The van der Waals surface area contributed by atoms with Crippen molar-refractivity contribution < 1.29 is 13.5 Å². The average Bonchev–Trinajstić information content (AvgIpc) is 2.03. The maximum atomic E-state index is 13.1. The number of hydrogen-bond donors (Lipinski definition) is 1. The van der Waals surface area contributed by atoms with Gasteiger partial charge in [-0.15, -0.1) is 0 Å². The van der Waals surface area contributed by atoms with E-state index in [0.717, 1.165) is 0 Å². The molecule has 0 aliphatic carbocycles. The Labute approximate surface area is 75.3 Å². The SMILES string of the molecule is COc1c(F)cc([C@@H](C)N)cc1F. The molecule has 2 N–H and O–H groups in total. The Kier molecular flexibility index (Phi) is 2.83. The minimum atomic E-state index is -0.727. The van der Waals surface area contributed by atoms with E-state index < -0.39 is 17.7 Å². The van der Waals surface area contributed by atoms with E-state index in [2.05, 4.69) is 4.74 Å². The van der Waals surface area contributed by atoms with Crippen molar-refractivity contribution in [2.45, 2.75) is 13.0 Å². The zero-order valence-electron chi connectivity index (χ0n) is 7.47. The molecule has 72 valence electrons. The molecule has 13 heavy (non-hydrogen) atoms. The second kappa shape index (κ2) is 3.70. The highest BCUT2D eigenvalue weighted by Gasteiger charge is 2.12. The van der Waals surface area contributed by atoms with Crippen molar-refractivity contribution in [1.29, 1.82) is 0 Å². The number of rotatable bonds is 2. The van der Waals surface area contributed by atoms with Gasteiger partial charge in [-0.2, -0.15) is 0 Å². The second-order valence-electron chi connectivity index (χ2n) is 2.81. The van der Waals surface area contributed by atoms with E-state index in [4.69, 9.17) is 5.73 Å². The van der Waals surface area contributed by atoms with Crippen molar-refractivity contribution in [2.75, 3.05) is 7.11 Å². The summed E-state index contributed by atoms with van der Waals surface area (Å²) < 4.78 is 30.6. The molecule has 0 amide bonds. The van der Waals surface area contributed by atoms with Gasteiger partial charge in [0.2, 0.25) is 0 Å². The van der Waals surface area contributed by atoms with Crippen LogP contribution in [0.2, 0.25) is 0 Å². The van der Waals surface area contributed by atoms with E-state index in [1.165, 1.54) is 19.2 Å². The van der Waals surface area contributed by atoms with Crippen molar-refractivity contribution >= 4 is 0 Å². The molecule has 0 heterocycles. The van der Waals surface area contributed by atoms with Gasteiger partial charge >= 0.3 is 0 Å². The van der Waals surface area contributed by atoms with Crippen molar-refractivity contribution in [3.63, 3.8) is 0 Å². The smallest absolute Gasteiger partial charge is 0.190 e. The van der Waals surface area contributed by atoms with Crippen LogP contribution >= 0.6 is 0 Å². The summed E-state index contributed by atoms with van der Waals surface area (Å²) in [6.45, 7) is 1.65. The van der Waals surface area contributed by atoms with Crippen molar-refractivity contribution in [3.8, 4) is 5.75 Å². The van der Waals surface area contributed by atoms with Gasteiger partial charge in [-0.1, -0.05) is 0 Å². The molecule has 1 aromatic rings. The zero-order chi connectivity index (χ0) is 10.0. The lowest BCUT2D eigenvalue weighted by atomic mass is 10.1. The van der Waals surface area contributed by atoms with Gasteiger partial charge in [0.15, 0.2) is 17.4 Å². The quantitative estimate of drug-likeness (QED) is 0.768. The third kappa shape index (κ3) is 1.95. The molecule has 1 aromatic carbocycles. The largest absolute Gasteiger partial charge is 0.491 e. The Hall–Kier alpha value is -1.16. The van der Waals surface area contributed by atoms with Gasteiger partial charge in [-0.05, 0) is 24.6 Å². The van der Waals surface area contributed by atoms with Gasteiger partial charge in [-0.25, -0.2) is 8.78 Å². The summed E-state index contributed by atoms with van der Waals surface area (Å²) in [4.78, 5) is 0. The molecule has 2 nitrogen and oxygen atoms in total. The molecule has 0 saturated heterocycles. The molecule has 0 spiro atoms. The summed E-state index contributed by atoms with van der Waals surface area (Å²) in [6.07, 6.45) is 0. The lowest BCUT2D eigenvalue weighted by Gasteiger charge is -2.08. The fraction of sp³-hybridized carbons (Fsp3) is 0.333. The van der Waals surface area contributed by atoms with E-state index in [-0.39, 0.29) is 5.75 Å². The molecule has 0 saturated carbocycles. The third-order valence-electron chi connectivity index (χ3n) is 1.75. The van der Waals surface area contributed by atoms with Crippen LogP contribution in [0.3, 0.4) is 0 Å². The standard InChI is InChI=1S/C9H11F2NO/c1-5(12)6-3-7(10)9(13-2)8(11)4-6/h3-5H,12H2,1-2H3/t5-/m1/s1. The maximum absolute atomic E-state index is 13.1. The first-order valence-electron chi connectivity index (χ1n) is 3.84. The van der Waals surface area contributed by atoms with Gasteiger partial charge in [0.25, 0.3) is 0 Å². The highest BCUT2D eigenvalue weighted by Crippen LogP contribution is 2.24. The summed E-state index contributed by atoms with van der Waals surface area (Å²) in [6, 6.07) is 1.95. The molecule has 0 bridgehead atoms. The molecule has 0 fully saturated rings. The minimum Gasteiger partial charge on any atom is -0.491 e. The van der Waals surface area contributed by atoms with Gasteiger partial charge in [0, 0.05) is 6.04 Å². The maximum Gasteiger partial charge on any atom is 0.190 e. The first-order chi connectivity index (χ1) is 6.06. The van der Waals surface area contributed by atoms with Crippen LogP contribution < -0.4 is 10.5 Å². The van der Waals surface area contributed by atoms with Crippen LogP contribution in [0.25, 0.3) is 0 Å². The minimum absolute atomic E-state index is 0.371. The van der Waals surface area contributed by atoms with E-state index in [0.29, 0.717) is 5.56 Å². The highest BCUT2D eigenvalue weighted by molar-refractivity contribution is 5.32. The fourth-order valence-electron chi connectivity index (χ4n) is 1.04. The summed E-state index contributed by atoms with van der Waals surface area (Å²) in [5.41, 5.74) is 5.88. The van der Waals surface area contributed by atoms with Crippen LogP contribution in [-0.4, -0.2) is 7.11 Å². The van der Waals surface area contributed by atoms with Crippen molar-refractivity contribution in [2.24, 2.45) is 5.73 Å². The highest BCUT2D eigenvalue weighted by atomic mass is 19.1. The van der Waals surface area contributed by atoms with E-state index >= 15 is 0 Å². The lowest BCUT2D eigenvalue weighted by Crippen LogP contribution is -2.06. The number of halogens is 2. The summed E-state index contributed by atoms with van der Waals surface area (Å²) in [7, 11) is 1.22. The average molecular weight is 187 g/mol. The molecule has 0 aromatic heterocycles. The molecule has 1 atom stereocenters.